The number of hydrogen-bond donors (Lipinski definition) is 0. The molecular weight excluding hydrogens is 252 g/mol. The van der Waals surface area contributed by atoms with Crippen molar-refractivity contribution in [2.24, 2.45) is 7.05 Å². The van der Waals surface area contributed by atoms with Crippen molar-refractivity contribution >= 4 is 26.8 Å². The maximum Gasteiger partial charge on any atom is 0.0524 e. The van der Waals surface area contributed by atoms with Crippen molar-refractivity contribution in [3.8, 4) is 0 Å². The Balaban J connectivity index is 2.63. The van der Waals surface area contributed by atoms with Crippen molar-refractivity contribution in [1.82, 2.24) is 9.47 Å². The maximum atomic E-state index is 3.55. The van der Waals surface area contributed by atoms with Gasteiger partial charge in [-0.2, -0.15) is 0 Å². The highest BCUT2D eigenvalue weighted by Crippen LogP contribution is 2.25. The third kappa shape index (κ3) is 2.08. The second-order valence-electron chi connectivity index (χ2n) is 4.17. The first kappa shape index (κ1) is 10.7. The molecule has 3 heteroatoms. The summed E-state index contributed by atoms with van der Waals surface area (Å²) in [6, 6.07) is 6.51. The largest absolute Gasteiger partial charge is 0.350 e. The molecule has 0 spiro atoms. The van der Waals surface area contributed by atoms with Crippen LogP contribution in [0.5, 0.6) is 0 Å². The van der Waals surface area contributed by atoms with Crippen LogP contribution in [0.2, 0.25) is 0 Å². The van der Waals surface area contributed by atoms with E-state index in [2.05, 4.69) is 70.9 Å². The molecular formula is C12H15BrN2. The van der Waals surface area contributed by atoms with E-state index in [1.165, 1.54) is 16.5 Å². The molecule has 1 heterocycles. The molecule has 0 N–H and O–H groups in total. The standard InChI is InChI=1S/C12H15BrN2/c1-14(2)8-10-7-11(13)6-9-4-5-15(3)12(9)10/h4-7H,8H2,1-3H3. The van der Waals surface area contributed by atoms with E-state index in [9.17, 15) is 0 Å². The number of benzene rings is 1. The lowest BCUT2D eigenvalue weighted by Crippen LogP contribution is -2.11. The normalized spacial score (nSPS) is 11.5. The Morgan fingerprint density at radius 3 is 2.73 bits per heavy atom. The van der Waals surface area contributed by atoms with Gasteiger partial charge < -0.3 is 9.47 Å². The molecule has 2 aromatic rings. The molecule has 80 valence electrons. The van der Waals surface area contributed by atoms with E-state index >= 15 is 0 Å². The fourth-order valence-electron chi connectivity index (χ4n) is 1.96. The molecule has 2 nitrogen and oxygen atoms in total. The van der Waals surface area contributed by atoms with Crippen molar-refractivity contribution in [2.45, 2.75) is 6.54 Å². The summed E-state index contributed by atoms with van der Waals surface area (Å²) in [5, 5.41) is 1.30. The first-order valence-electron chi connectivity index (χ1n) is 4.96. The molecule has 1 aromatic carbocycles. The van der Waals surface area contributed by atoms with Crippen molar-refractivity contribution in [3.63, 3.8) is 0 Å². The molecule has 0 fully saturated rings. The average Bonchev–Trinajstić information content (AvgIpc) is 2.46. The second-order valence-corrected chi connectivity index (χ2v) is 5.08. The molecule has 1 aromatic heterocycles. The molecule has 0 unspecified atom stereocenters. The first-order chi connectivity index (χ1) is 7.08. The summed E-state index contributed by atoms with van der Waals surface area (Å²) < 4.78 is 3.33. The van der Waals surface area contributed by atoms with Gasteiger partial charge >= 0.3 is 0 Å². The van der Waals surface area contributed by atoms with Gasteiger partial charge in [-0.25, -0.2) is 0 Å². The zero-order valence-electron chi connectivity index (χ0n) is 9.29. The average molecular weight is 267 g/mol. The monoisotopic (exact) mass is 266 g/mol. The van der Waals surface area contributed by atoms with E-state index in [0.717, 1.165) is 11.0 Å². The second kappa shape index (κ2) is 3.99. The molecule has 0 aliphatic carbocycles. The third-order valence-corrected chi connectivity index (χ3v) is 2.96. The lowest BCUT2D eigenvalue weighted by Gasteiger charge is -2.12. The smallest absolute Gasteiger partial charge is 0.0524 e. The Labute approximate surface area is 98.6 Å². The van der Waals surface area contributed by atoms with E-state index in [1.54, 1.807) is 0 Å². The minimum absolute atomic E-state index is 0.966. The van der Waals surface area contributed by atoms with Gasteiger partial charge in [0.05, 0.1) is 5.52 Å². The summed E-state index contributed by atoms with van der Waals surface area (Å²) in [6.45, 7) is 0.966. The van der Waals surface area contributed by atoms with Gasteiger partial charge in [-0.1, -0.05) is 15.9 Å². The van der Waals surface area contributed by atoms with Crippen LogP contribution in [0.25, 0.3) is 10.9 Å². The highest BCUT2D eigenvalue weighted by molar-refractivity contribution is 9.10. The van der Waals surface area contributed by atoms with Crippen LogP contribution >= 0.6 is 15.9 Å². The quantitative estimate of drug-likeness (QED) is 0.812. The summed E-state index contributed by atoms with van der Waals surface area (Å²) in [4.78, 5) is 2.19. The molecule has 0 saturated heterocycles. The van der Waals surface area contributed by atoms with Crippen molar-refractivity contribution in [3.05, 3.63) is 34.4 Å². The van der Waals surface area contributed by atoms with Gasteiger partial charge in [0.2, 0.25) is 0 Å². The molecule has 0 saturated carbocycles. The molecule has 0 radical (unpaired) electrons. The molecule has 0 aliphatic heterocycles. The number of aryl methyl sites for hydroxylation is 1. The molecule has 2 rings (SSSR count). The topological polar surface area (TPSA) is 8.17 Å². The van der Waals surface area contributed by atoms with Crippen LogP contribution < -0.4 is 0 Å². The van der Waals surface area contributed by atoms with E-state index in [4.69, 9.17) is 0 Å². The van der Waals surface area contributed by atoms with Gasteiger partial charge in [0.25, 0.3) is 0 Å². The Bertz CT molecular complexity index is 486. The van der Waals surface area contributed by atoms with Crippen molar-refractivity contribution in [1.29, 1.82) is 0 Å². The summed E-state index contributed by atoms with van der Waals surface area (Å²) >= 11 is 3.55. The Hall–Kier alpha value is -0.800. The fraction of sp³-hybridized carbons (Fsp3) is 0.333. The summed E-state index contributed by atoms with van der Waals surface area (Å²) in [7, 11) is 6.28. The van der Waals surface area contributed by atoms with Crippen LogP contribution in [-0.2, 0) is 13.6 Å². The van der Waals surface area contributed by atoms with Crippen molar-refractivity contribution < 1.29 is 0 Å². The van der Waals surface area contributed by atoms with Crippen LogP contribution in [0.3, 0.4) is 0 Å². The predicted octanol–water partition coefficient (Wildman–Crippen LogP) is 3.00. The Morgan fingerprint density at radius 2 is 2.07 bits per heavy atom. The minimum Gasteiger partial charge on any atom is -0.350 e. The number of nitrogens with zero attached hydrogens (tertiary/aromatic N) is 2. The molecule has 0 amide bonds. The zero-order valence-corrected chi connectivity index (χ0v) is 10.9. The van der Waals surface area contributed by atoms with E-state index in [-0.39, 0.29) is 0 Å². The lowest BCUT2D eigenvalue weighted by molar-refractivity contribution is 0.403. The fourth-order valence-corrected chi connectivity index (χ4v) is 2.49. The van der Waals surface area contributed by atoms with Gasteiger partial charge in [-0.15, -0.1) is 0 Å². The van der Waals surface area contributed by atoms with Crippen LogP contribution in [0.4, 0.5) is 0 Å². The van der Waals surface area contributed by atoms with Crippen LogP contribution in [0.1, 0.15) is 5.56 Å². The van der Waals surface area contributed by atoms with Gasteiger partial charge in [0, 0.05) is 29.6 Å². The first-order valence-corrected chi connectivity index (χ1v) is 5.75. The van der Waals surface area contributed by atoms with E-state index in [1.807, 2.05) is 0 Å². The number of fused-ring (bicyclic) bond motifs is 1. The van der Waals surface area contributed by atoms with Gasteiger partial charge in [-0.3, -0.25) is 0 Å². The number of aromatic nitrogens is 1. The number of rotatable bonds is 2. The summed E-state index contributed by atoms with van der Waals surface area (Å²) in [5.41, 5.74) is 2.68. The number of halogens is 1. The molecule has 15 heavy (non-hydrogen) atoms. The maximum absolute atomic E-state index is 3.55. The number of hydrogen-bond acceptors (Lipinski definition) is 1. The summed E-state index contributed by atoms with van der Waals surface area (Å²) in [6.07, 6.45) is 2.11. The highest BCUT2D eigenvalue weighted by Gasteiger charge is 2.07. The predicted molar refractivity (Wildman–Crippen MR) is 68.0 cm³/mol. The minimum atomic E-state index is 0.966. The third-order valence-electron chi connectivity index (χ3n) is 2.50. The highest BCUT2D eigenvalue weighted by atomic mass is 79.9. The van der Waals surface area contributed by atoms with Gasteiger partial charge in [0.15, 0.2) is 0 Å². The van der Waals surface area contributed by atoms with Crippen LogP contribution in [0.15, 0.2) is 28.9 Å². The Morgan fingerprint density at radius 1 is 1.33 bits per heavy atom. The van der Waals surface area contributed by atoms with Crippen LogP contribution in [-0.4, -0.2) is 23.6 Å². The van der Waals surface area contributed by atoms with E-state index in [0.29, 0.717) is 0 Å². The van der Waals surface area contributed by atoms with Crippen molar-refractivity contribution in [2.75, 3.05) is 14.1 Å². The van der Waals surface area contributed by atoms with Gasteiger partial charge in [-0.05, 0) is 37.9 Å². The van der Waals surface area contributed by atoms with Crippen LogP contribution in [0, 0.1) is 0 Å². The molecule has 0 aliphatic rings. The molecule has 0 atom stereocenters. The van der Waals surface area contributed by atoms with Gasteiger partial charge in [0.1, 0.15) is 0 Å². The van der Waals surface area contributed by atoms with E-state index < -0.39 is 0 Å². The SMILES string of the molecule is CN(C)Cc1cc(Br)cc2ccn(C)c12. The molecule has 0 bridgehead atoms. The summed E-state index contributed by atoms with van der Waals surface area (Å²) in [5.74, 6) is 0. The zero-order chi connectivity index (χ0) is 11.0. The Kier molecular flexibility index (Phi) is 2.85. The lowest BCUT2D eigenvalue weighted by atomic mass is 10.1.